The van der Waals surface area contributed by atoms with Gasteiger partial charge in [-0.15, -0.1) is 0 Å². The molecule has 0 radical (unpaired) electrons. The largest absolute Gasteiger partial charge is 0.421 e. The van der Waals surface area contributed by atoms with Crippen LogP contribution in [0, 0.1) is 5.82 Å². The molecule has 0 aliphatic rings. The maximum absolute atomic E-state index is 13.5. The monoisotopic (exact) mass is 404 g/mol. The second-order valence-electron chi connectivity index (χ2n) is 6.87. The van der Waals surface area contributed by atoms with Crippen LogP contribution in [-0.2, 0) is 6.18 Å². The molecule has 8 heteroatoms. The summed E-state index contributed by atoms with van der Waals surface area (Å²) < 4.78 is 53.6. The Hall–Kier alpha value is -3.16. The van der Waals surface area contributed by atoms with Crippen LogP contribution < -0.4 is 10.2 Å². The predicted molar refractivity (Wildman–Crippen MR) is 105 cm³/mol. The molecule has 29 heavy (non-hydrogen) atoms. The lowest BCUT2D eigenvalue weighted by atomic mass is 10.0. The molecule has 0 spiro atoms. The van der Waals surface area contributed by atoms with Crippen molar-refractivity contribution in [1.29, 1.82) is 0 Å². The average Bonchev–Trinajstić information content (AvgIpc) is 2.68. The lowest BCUT2D eigenvalue weighted by molar-refractivity contribution is -0.137. The number of benzene rings is 2. The van der Waals surface area contributed by atoms with Crippen molar-refractivity contribution in [1.82, 2.24) is 9.97 Å². The van der Waals surface area contributed by atoms with Crippen LogP contribution in [0.2, 0.25) is 0 Å². The van der Waals surface area contributed by atoms with Crippen molar-refractivity contribution in [3.8, 4) is 0 Å². The van der Waals surface area contributed by atoms with E-state index in [0.717, 1.165) is 11.8 Å². The Morgan fingerprint density at radius 3 is 2.14 bits per heavy atom. The Balaban J connectivity index is 1.98. The van der Waals surface area contributed by atoms with Gasteiger partial charge in [0.1, 0.15) is 11.4 Å². The molecular weight excluding hydrogens is 384 g/mol. The highest BCUT2D eigenvalue weighted by Crippen LogP contribution is 2.37. The first-order valence-electron chi connectivity index (χ1n) is 8.95. The van der Waals surface area contributed by atoms with Crippen molar-refractivity contribution in [2.45, 2.75) is 25.9 Å². The van der Waals surface area contributed by atoms with Crippen LogP contribution in [0.25, 0.3) is 0 Å². The van der Waals surface area contributed by atoms with E-state index in [-0.39, 0.29) is 11.8 Å². The standard InChI is InChI=1S/C21H20F4N4/c1-13(2)14-4-10-17(11-5-14)29(3)19-18(21(23,24)25)12-26-20(28-19)27-16-8-6-15(22)7-9-16/h4-13H,1-3H3,(H,26,27,28). The minimum absolute atomic E-state index is 0.0229. The van der Waals surface area contributed by atoms with Crippen LogP contribution in [0.1, 0.15) is 30.9 Å². The fourth-order valence-corrected chi connectivity index (χ4v) is 2.76. The molecule has 0 aliphatic heterocycles. The Labute approximate surface area is 166 Å². The van der Waals surface area contributed by atoms with Gasteiger partial charge in [-0.25, -0.2) is 9.37 Å². The van der Waals surface area contributed by atoms with Gasteiger partial charge in [-0.2, -0.15) is 18.2 Å². The number of hydrogen-bond donors (Lipinski definition) is 1. The molecule has 0 fully saturated rings. The van der Waals surface area contributed by atoms with Crippen LogP contribution in [-0.4, -0.2) is 17.0 Å². The van der Waals surface area contributed by atoms with Gasteiger partial charge in [0.05, 0.1) is 0 Å². The van der Waals surface area contributed by atoms with Gasteiger partial charge in [0, 0.05) is 24.6 Å². The van der Waals surface area contributed by atoms with Gasteiger partial charge >= 0.3 is 6.18 Å². The molecule has 1 heterocycles. The molecule has 0 bridgehead atoms. The number of aromatic nitrogens is 2. The highest BCUT2D eigenvalue weighted by molar-refractivity contribution is 5.65. The molecule has 0 amide bonds. The first kappa shape index (κ1) is 20.6. The van der Waals surface area contributed by atoms with Crippen LogP contribution in [0.15, 0.2) is 54.7 Å². The van der Waals surface area contributed by atoms with Crippen molar-refractivity contribution in [2.24, 2.45) is 0 Å². The average molecular weight is 404 g/mol. The van der Waals surface area contributed by atoms with Gasteiger partial charge in [-0.05, 0) is 47.9 Å². The Kier molecular flexibility index (Phi) is 5.72. The molecule has 152 valence electrons. The molecule has 3 rings (SSSR count). The summed E-state index contributed by atoms with van der Waals surface area (Å²) in [6, 6.07) is 12.6. The van der Waals surface area contributed by atoms with E-state index in [1.54, 1.807) is 12.1 Å². The van der Waals surface area contributed by atoms with Crippen molar-refractivity contribution >= 4 is 23.1 Å². The Morgan fingerprint density at radius 2 is 1.59 bits per heavy atom. The molecule has 4 nitrogen and oxygen atoms in total. The number of nitrogens with zero attached hydrogens (tertiary/aromatic N) is 3. The summed E-state index contributed by atoms with van der Waals surface area (Å²) in [6.07, 6.45) is -3.87. The molecule has 0 saturated heterocycles. The predicted octanol–water partition coefficient (Wildman–Crippen LogP) is 6.27. The Morgan fingerprint density at radius 1 is 0.966 bits per heavy atom. The number of anilines is 4. The zero-order chi connectivity index (χ0) is 21.2. The maximum atomic E-state index is 13.5. The van der Waals surface area contributed by atoms with Gasteiger partial charge in [-0.3, -0.25) is 0 Å². The van der Waals surface area contributed by atoms with E-state index in [1.807, 2.05) is 26.0 Å². The second kappa shape index (κ2) is 8.06. The number of rotatable bonds is 5. The lowest BCUT2D eigenvalue weighted by Gasteiger charge is -2.23. The highest BCUT2D eigenvalue weighted by Gasteiger charge is 2.36. The molecule has 3 aromatic rings. The molecule has 0 aliphatic carbocycles. The number of halogens is 4. The summed E-state index contributed by atoms with van der Waals surface area (Å²) in [5.41, 5.74) is 1.16. The number of nitrogens with one attached hydrogen (secondary N) is 1. The van der Waals surface area contributed by atoms with Crippen LogP contribution >= 0.6 is 0 Å². The summed E-state index contributed by atoms with van der Waals surface area (Å²) in [5.74, 6) is -0.417. The number of alkyl halides is 3. The van der Waals surface area contributed by atoms with E-state index in [2.05, 4.69) is 15.3 Å². The molecule has 0 atom stereocenters. The van der Waals surface area contributed by atoms with Crippen LogP contribution in [0.3, 0.4) is 0 Å². The number of hydrogen-bond acceptors (Lipinski definition) is 4. The normalized spacial score (nSPS) is 11.6. The third-order valence-electron chi connectivity index (χ3n) is 4.44. The van der Waals surface area contributed by atoms with Crippen LogP contribution in [0.5, 0.6) is 0 Å². The topological polar surface area (TPSA) is 41.1 Å². The fourth-order valence-electron chi connectivity index (χ4n) is 2.76. The van der Waals surface area contributed by atoms with Gasteiger partial charge in [0.2, 0.25) is 5.95 Å². The summed E-state index contributed by atoms with van der Waals surface area (Å²) in [7, 11) is 1.52. The quantitative estimate of drug-likeness (QED) is 0.509. The highest BCUT2D eigenvalue weighted by atomic mass is 19.4. The van der Waals surface area contributed by atoms with Crippen molar-refractivity contribution < 1.29 is 17.6 Å². The van der Waals surface area contributed by atoms with E-state index in [1.165, 1.54) is 36.2 Å². The minimum Gasteiger partial charge on any atom is -0.329 e. The van der Waals surface area contributed by atoms with Crippen LogP contribution in [0.4, 0.5) is 40.7 Å². The zero-order valence-corrected chi connectivity index (χ0v) is 16.1. The van der Waals surface area contributed by atoms with Gasteiger partial charge in [0.15, 0.2) is 5.82 Å². The second-order valence-corrected chi connectivity index (χ2v) is 6.87. The third kappa shape index (κ3) is 4.82. The summed E-state index contributed by atoms with van der Waals surface area (Å²) in [4.78, 5) is 9.22. The fraction of sp³-hybridized carbons (Fsp3) is 0.238. The first-order chi connectivity index (χ1) is 13.6. The van der Waals surface area contributed by atoms with Crippen molar-refractivity contribution in [3.63, 3.8) is 0 Å². The summed E-state index contributed by atoms with van der Waals surface area (Å²) >= 11 is 0. The smallest absolute Gasteiger partial charge is 0.329 e. The molecule has 0 unspecified atom stereocenters. The Bertz CT molecular complexity index is 967. The van der Waals surface area contributed by atoms with E-state index < -0.39 is 17.6 Å². The zero-order valence-electron chi connectivity index (χ0n) is 16.1. The molecular formula is C21H20F4N4. The maximum Gasteiger partial charge on any atom is 0.421 e. The van der Waals surface area contributed by atoms with Crippen molar-refractivity contribution in [2.75, 3.05) is 17.3 Å². The molecule has 1 N–H and O–H groups in total. The van der Waals surface area contributed by atoms with Gasteiger partial charge < -0.3 is 10.2 Å². The van der Waals surface area contributed by atoms with Gasteiger partial charge in [0.25, 0.3) is 0 Å². The lowest BCUT2D eigenvalue weighted by Crippen LogP contribution is -2.19. The van der Waals surface area contributed by atoms with Crippen molar-refractivity contribution in [3.05, 3.63) is 71.7 Å². The van der Waals surface area contributed by atoms with E-state index in [0.29, 0.717) is 17.3 Å². The minimum atomic E-state index is -4.62. The summed E-state index contributed by atoms with van der Waals surface area (Å²) in [6.45, 7) is 4.08. The van der Waals surface area contributed by atoms with E-state index >= 15 is 0 Å². The molecule has 1 aromatic heterocycles. The van der Waals surface area contributed by atoms with Gasteiger partial charge in [-0.1, -0.05) is 26.0 Å². The molecule has 0 saturated carbocycles. The van der Waals surface area contributed by atoms with E-state index in [9.17, 15) is 17.6 Å². The third-order valence-corrected chi connectivity index (χ3v) is 4.44. The first-order valence-corrected chi connectivity index (χ1v) is 8.95. The summed E-state index contributed by atoms with van der Waals surface area (Å²) in [5, 5.41) is 2.80. The molecule has 2 aromatic carbocycles. The van der Waals surface area contributed by atoms with E-state index in [4.69, 9.17) is 0 Å². The SMILES string of the molecule is CC(C)c1ccc(N(C)c2nc(Nc3ccc(F)cc3)ncc2C(F)(F)F)cc1.